The molecule has 0 aliphatic heterocycles. The Kier molecular flexibility index (Phi) is 5.82. The molecule has 0 amide bonds. The van der Waals surface area contributed by atoms with Gasteiger partial charge in [0.25, 0.3) is 0 Å². The van der Waals surface area contributed by atoms with Gasteiger partial charge >= 0.3 is 0 Å². The normalized spacial score (nSPS) is 15.6. The highest BCUT2D eigenvalue weighted by atomic mass is 32.1. The van der Waals surface area contributed by atoms with Gasteiger partial charge in [-0.25, -0.2) is 0 Å². The lowest BCUT2D eigenvalue weighted by Gasteiger charge is -2.42. The summed E-state index contributed by atoms with van der Waals surface area (Å²) in [4.78, 5) is 0. The molecule has 0 radical (unpaired) electrons. The number of thiophene rings is 1. The van der Waals surface area contributed by atoms with Gasteiger partial charge in [0.15, 0.2) is 0 Å². The van der Waals surface area contributed by atoms with Crippen LogP contribution in [0.4, 0.5) is 0 Å². The molecule has 0 saturated carbocycles. The Morgan fingerprint density at radius 3 is 1.71 bits per heavy atom. The molecule has 3 heteroatoms. The fourth-order valence-electron chi connectivity index (χ4n) is 9.47. The van der Waals surface area contributed by atoms with Gasteiger partial charge in [0, 0.05) is 53.1 Å². The summed E-state index contributed by atoms with van der Waals surface area (Å²) < 4.78 is 7.81. The Morgan fingerprint density at radius 2 is 0.980 bits per heavy atom. The number of nitrogens with zero attached hydrogens (tertiary/aromatic N) is 2. The summed E-state index contributed by atoms with van der Waals surface area (Å²) in [6, 6.07) is 50.3. The van der Waals surface area contributed by atoms with E-state index in [0.29, 0.717) is 0 Å². The van der Waals surface area contributed by atoms with Crippen molar-refractivity contribution in [1.29, 1.82) is 0 Å². The lowest BCUT2D eigenvalue weighted by atomic mass is 9.63. The number of hydrogen-bond acceptors (Lipinski definition) is 1. The number of rotatable bonds is 2. The number of hydrogen-bond donors (Lipinski definition) is 0. The van der Waals surface area contributed by atoms with E-state index in [9.17, 15) is 0 Å². The van der Waals surface area contributed by atoms with E-state index in [-0.39, 0.29) is 10.8 Å². The summed E-state index contributed by atoms with van der Waals surface area (Å²) in [5.74, 6) is 0. The lowest BCUT2D eigenvalue weighted by molar-refractivity contribution is 0.332. The summed E-state index contributed by atoms with van der Waals surface area (Å²) in [7, 11) is 0. The molecule has 0 unspecified atom stereocenters. The van der Waals surface area contributed by atoms with Crippen LogP contribution in [0.25, 0.3) is 85.9 Å². The summed E-state index contributed by atoms with van der Waals surface area (Å²) >= 11 is 1.90. The number of benzene rings is 7. The van der Waals surface area contributed by atoms with Crippen LogP contribution in [0.3, 0.4) is 0 Å². The Hall–Kier alpha value is -5.38. The molecular weight excluding hydrogens is 637 g/mol. The monoisotopic (exact) mass is 674 g/mol. The van der Waals surface area contributed by atoms with Crippen LogP contribution in [0.2, 0.25) is 0 Å². The Bertz CT molecular complexity index is 3080. The topological polar surface area (TPSA) is 9.86 Å². The number of para-hydroxylation sites is 2. The van der Waals surface area contributed by atoms with Crippen molar-refractivity contribution in [2.75, 3.05) is 0 Å². The molecule has 0 N–H and O–H groups in total. The molecule has 11 rings (SSSR count). The molecule has 7 aromatic carbocycles. The summed E-state index contributed by atoms with van der Waals surface area (Å²) in [5, 5.41) is 10.6. The van der Waals surface area contributed by atoms with Crippen LogP contribution in [-0.4, -0.2) is 9.13 Å². The third kappa shape index (κ3) is 3.93. The van der Waals surface area contributed by atoms with Crippen LogP contribution in [0.5, 0.6) is 0 Å². The first-order valence-corrected chi connectivity index (χ1v) is 19.1. The van der Waals surface area contributed by atoms with Crippen LogP contribution in [-0.2, 0) is 10.8 Å². The van der Waals surface area contributed by atoms with E-state index in [1.54, 1.807) is 0 Å². The number of aromatic nitrogens is 2. The van der Waals surface area contributed by atoms with E-state index in [1.165, 1.54) is 110 Å². The SMILES string of the molecule is CC1(C)CCC(C)(C)c2cc3c(cc21)c1c2ccccc2c2c4ccccc4n(-c4ccccc4)c2c1n3-c1ccc2c(c1)sc1ccccc12. The van der Waals surface area contributed by atoms with E-state index in [0.717, 1.165) is 0 Å². The standard InChI is InChI=1S/C48H38N2S/c1-47(2)24-25-48(3,4)38-28-40-36(27-37(38)47)44-34-18-9-8-17-33(34)43-35-19-10-12-20-39(35)49(29-14-6-5-7-15-29)45(43)46(44)50(40)30-22-23-32-31-16-11-13-21-41(31)51-42(32)26-30/h5-23,26-28H,24-25H2,1-4H3. The van der Waals surface area contributed by atoms with Gasteiger partial charge < -0.3 is 9.13 Å². The van der Waals surface area contributed by atoms with E-state index in [4.69, 9.17) is 0 Å². The van der Waals surface area contributed by atoms with Crippen molar-refractivity contribution in [3.8, 4) is 11.4 Å². The third-order valence-electron chi connectivity index (χ3n) is 12.1. The first-order valence-electron chi connectivity index (χ1n) is 18.2. The van der Waals surface area contributed by atoms with Gasteiger partial charge in [0.05, 0.1) is 22.1 Å². The van der Waals surface area contributed by atoms with E-state index in [1.807, 2.05) is 11.3 Å². The average molecular weight is 675 g/mol. The van der Waals surface area contributed by atoms with Crippen molar-refractivity contribution in [3.63, 3.8) is 0 Å². The van der Waals surface area contributed by atoms with Crippen LogP contribution in [0, 0.1) is 0 Å². The highest BCUT2D eigenvalue weighted by molar-refractivity contribution is 7.25. The number of fused-ring (bicyclic) bond motifs is 14. The second-order valence-electron chi connectivity index (χ2n) is 16.0. The Morgan fingerprint density at radius 1 is 0.431 bits per heavy atom. The first kappa shape index (κ1) is 29.4. The molecule has 0 spiro atoms. The predicted molar refractivity (Wildman–Crippen MR) is 221 cm³/mol. The zero-order valence-corrected chi connectivity index (χ0v) is 30.2. The van der Waals surface area contributed by atoms with Crippen LogP contribution < -0.4 is 0 Å². The molecule has 0 atom stereocenters. The maximum Gasteiger partial charge on any atom is 0.0795 e. The molecule has 3 heterocycles. The summed E-state index contributed by atoms with van der Waals surface area (Å²) in [6.07, 6.45) is 2.37. The van der Waals surface area contributed by atoms with E-state index < -0.39 is 0 Å². The van der Waals surface area contributed by atoms with Gasteiger partial charge in [-0.3, -0.25) is 0 Å². The average Bonchev–Trinajstić information content (AvgIpc) is 3.81. The quantitative estimate of drug-likeness (QED) is 0.173. The smallest absolute Gasteiger partial charge is 0.0795 e. The fraction of sp³-hybridized carbons (Fsp3) is 0.167. The van der Waals surface area contributed by atoms with Crippen LogP contribution >= 0.6 is 11.3 Å². The van der Waals surface area contributed by atoms with Crippen molar-refractivity contribution in [3.05, 3.63) is 145 Å². The van der Waals surface area contributed by atoms with Crippen molar-refractivity contribution in [1.82, 2.24) is 9.13 Å². The molecule has 10 aromatic rings. The first-order chi connectivity index (χ1) is 24.8. The van der Waals surface area contributed by atoms with Gasteiger partial charge in [-0.05, 0) is 94.1 Å². The minimum absolute atomic E-state index is 0.0894. The Labute approximate surface area is 301 Å². The van der Waals surface area contributed by atoms with Gasteiger partial charge in [0.2, 0.25) is 0 Å². The highest BCUT2D eigenvalue weighted by Crippen LogP contribution is 2.52. The molecule has 246 valence electrons. The van der Waals surface area contributed by atoms with E-state index in [2.05, 4.69) is 170 Å². The zero-order chi connectivity index (χ0) is 34.2. The lowest BCUT2D eigenvalue weighted by Crippen LogP contribution is -2.33. The molecule has 0 bridgehead atoms. The molecule has 2 nitrogen and oxygen atoms in total. The molecule has 0 saturated heterocycles. The highest BCUT2D eigenvalue weighted by Gasteiger charge is 2.38. The third-order valence-corrected chi connectivity index (χ3v) is 13.3. The van der Waals surface area contributed by atoms with E-state index >= 15 is 0 Å². The predicted octanol–water partition coefficient (Wildman–Crippen LogP) is 13.8. The molecule has 51 heavy (non-hydrogen) atoms. The van der Waals surface area contributed by atoms with Crippen molar-refractivity contribution < 1.29 is 0 Å². The van der Waals surface area contributed by atoms with Gasteiger partial charge in [-0.15, -0.1) is 11.3 Å². The second kappa shape index (κ2) is 10.1. The molecule has 1 aliphatic carbocycles. The van der Waals surface area contributed by atoms with Crippen molar-refractivity contribution in [2.45, 2.75) is 51.4 Å². The van der Waals surface area contributed by atoms with Crippen LogP contribution in [0.15, 0.2) is 133 Å². The molecule has 3 aromatic heterocycles. The van der Waals surface area contributed by atoms with Crippen molar-refractivity contribution in [2.24, 2.45) is 0 Å². The maximum absolute atomic E-state index is 2.62. The van der Waals surface area contributed by atoms with Crippen LogP contribution in [0.1, 0.15) is 51.7 Å². The minimum atomic E-state index is 0.0894. The largest absolute Gasteiger partial charge is 0.307 e. The molecule has 1 aliphatic rings. The summed E-state index contributed by atoms with van der Waals surface area (Å²) in [5.41, 5.74) is 10.6. The maximum atomic E-state index is 2.62. The van der Waals surface area contributed by atoms with Gasteiger partial charge in [-0.1, -0.05) is 113 Å². The van der Waals surface area contributed by atoms with Crippen molar-refractivity contribution >= 4 is 85.9 Å². The van der Waals surface area contributed by atoms with Gasteiger partial charge in [0.1, 0.15) is 0 Å². The fourth-order valence-corrected chi connectivity index (χ4v) is 10.6. The molecular formula is C48H38N2S. The minimum Gasteiger partial charge on any atom is -0.307 e. The zero-order valence-electron chi connectivity index (χ0n) is 29.4. The van der Waals surface area contributed by atoms with Gasteiger partial charge in [-0.2, -0.15) is 0 Å². The molecule has 0 fully saturated rings. The summed E-state index contributed by atoms with van der Waals surface area (Å²) in [6.45, 7) is 9.80. The Balaban J connectivity index is 1.43. The second-order valence-corrected chi connectivity index (χ2v) is 17.1.